The minimum Gasteiger partial charge on any atom is -0.256 e. The first-order chi connectivity index (χ1) is 8.71. The van der Waals surface area contributed by atoms with Gasteiger partial charge in [-0.1, -0.05) is 11.6 Å². The van der Waals surface area contributed by atoms with Crippen LogP contribution in [0.15, 0.2) is 17.3 Å². The maximum atomic E-state index is 13.8. The molecule has 0 aliphatic heterocycles. The minimum atomic E-state index is -3.45. The molecular weight excluding hydrogens is 293 g/mol. The van der Waals surface area contributed by atoms with Crippen LogP contribution in [0.25, 0.3) is 11.4 Å². The average molecular weight is 304 g/mol. The molecule has 0 N–H and O–H groups in total. The third-order valence-corrected chi connectivity index (χ3v) is 4.08. The van der Waals surface area contributed by atoms with Gasteiger partial charge in [-0.2, -0.15) is 5.10 Å². The summed E-state index contributed by atoms with van der Waals surface area (Å²) in [5.41, 5.74) is 0.531. The standard InChI is InChI=1S/C11H11ClFN3O2S/c1-6-9(10-8(13)4-7(12)5-14-10)15-16(2)11(6)19(3,17)18/h4-5H,1-3H3. The molecule has 0 fully saturated rings. The molecular formula is C11H11ClFN3O2S. The van der Waals surface area contributed by atoms with Gasteiger partial charge in [0.15, 0.2) is 20.7 Å². The number of pyridine rings is 1. The number of halogens is 2. The normalized spacial score (nSPS) is 11.8. The predicted molar refractivity (Wildman–Crippen MR) is 69.3 cm³/mol. The van der Waals surface area contributed by atoms with Crippen molar-refractivity contribution in [3.8, 4) is 11.4 Å². The van der Waals surface area contributed by atoms with Gasteiger partial charge in [0, 0.05) is 25.1 Å². The molecule has 0 aromatic carbocycles. The molecule has 0 aliphatic carbocycles. The topological polar surface area (TPSA) is 64.8 Å². The zero-order chi connectivity index (χ0) is 14.4. The second-order valence-electron chi connectivity index (χ2n) is 4.16. The van der Waals surface area contributed by atoms with E-state index >= 15 is 0 Å². The smallest absolute Gasteiger partial charge is 0.192 e. The van der Waals surface area contributed by atoms with E-state index in [-0.39, 0.29) is 21.4 Å². The highest BCUT2D eigenvalue weighted by molar-refractivity contribution is 7.90. The first-order valence-corrected chi connectivity index (χ1v) is 7.54. The number of hydrogen-bond acceptors (Lipinski definition) is 4. The second kappa shape index (κ2) is 4.57. The summed E-state index contributed by atoms with van der Waals surface area (Å²) in [6.45, 7) is 1.56. The van der Waals surface area contributed by atoms with Gasteiger partial charge in [0.05, 0.1) is 5.02 Å². The molecule has 2 aromatic heterocycles. The highest BCUT2D eigenvalue weighted by Gasteiger charge is 2.23. The van der Waals surface area contributed by atoms with E-state index in [4.69, 9.17) is 11.6 Å². The summed E-state index contributed by atoms with van der Waals surface area (Å²) in [5, 5.41) is 4.23. The molecule has 0 saturated heterocycles. The Morgan fingerprint density at radius 1 is 1.37 bits per heavy atom. The van der Waals surface area contributed by atoms with Crippen molar-refractivity contribution in [1.82, 2.24) is 14.8 Å². The first kappa shape index (κ1) is 14.0. The fraction of sp³-hybridized carbons (Fsp3) is 0.273. The summed E-state index contributed by atoms with van der Waals surface area (Å²) in [6, 6.07) is 1.11. The van der Waals surface area contributed by atoms with Gasteiger partial charge < -0.3 is 0 Å². The van der Waals surface area contributed by atoms with Crippen LogP contribution in [0, 0.1) is 12.7 Å². The summed E-state index contributed by atoms with van der Waals surface area (Å²) in [4.78, 5) is 3.87. The summed E-state index contributed by atoms with van der Waals surface area (Å²) < 4.78 is 38.3. The summed E-state index contributed by atoms with van der Waals surface area (Å²) in [5.74, 6) is -0.645. The van der Waals surface area contributed by atoms with E-state index in [1.165, 1.54) is 17.9 Å². The van der Waals surface area contributed by atoms with Crippen LogP contribution in [-0.4, -0.2) is 29.4 Å². The molecule has 2 rings (SSSR count). The van der Waals surface area contributed by atoms with E-state index in [1.54, 1.807) is 6.92 Å². The Bertz CT molecular complexity index is 756. The van der Waals surface area contributed by atoms with Gasteiger partial charge in [-0.3, -0.25) is 4.68 Å². The van der Waals surface area contributed by atoms with Crippen molar-refractivity contribution in [2.24, 2.45) is 7.05 Å². The van der Waals surface area contributed by atoms with Gasteiger partial charge in [-0.15, -0.1) is 0 Å². The second-order valence-corrected chi connectivity index (χ2v) is 6.53. The van der Waals surface area contributed by atoms with Crippen LogP contribution < -0.4 is 0 Å². The molecule has 0 atom stereocenters. The number of nitrogens with zero attached hydrogens (tertiary/aromatic N) is 3. The van der Waals surface area contributed by atoms with Crippen LogP contribution in [0.4, 0.5) is 4.39 Å². The first-order valence-electron chi connectivity index (χ1n) is 5.27. The van der Waals surface area contributed by atoms with Gasteiger partial charge in [-0.25, -0.2) is 17.8 Å². The van der Waals surface area contributed by atoms with Crippen LogP contribution in [0.2, 0.25) is 5.02 Å². The lowest BCUT2D eigenvalue weighted by molar-refractivity contribution is 0.581. The van der Waals surface area contributed by atoms with Crippen molar-refractivity contribution in [2.45, 2.75) is 11.9 Å². The highest BCUT2D eigenvalue weighted by Crippen LogP contribution is 2.28. The maximum Gasteiger partial charge on any atom is 0.192 e. The fourth-order valence-electron chi connectivity index (χ4n) is 1.95. The number of aromatic nitrogens is 3. The Morgan fingerprint density at radius 3 is 2.47 bits per heavy atom. The van der Waals surface area contributed by atoms with Gasteiger partial charge in [0.1, 0.15) is 11.4 Å². The summed E-state index contributed by atoms with van der Waals surface area (Å²) in [7, 11) is -1.96. The van der Waals surface area contributed by atoms with Gasteiger partial charge in [0.25, 0.3) is 0 Å². The third kappa shape index (κ3) is 2.48. The van der Waals surface area contributed by atoms with Crippen molar-refractivity contribution in [3.05, 3.63) is 28.7 Å². The molecule has 8 heteroatoms. The molecule has 2 aromatic rings. The Hall–Kier alpha value is -1.47. The Morgan fingerprint density at radius 2 is 2.00 bits per heavy atom. The monoisotopic (exact) mass is 303 g/mol. The SMILES string of the molecule is Cc1c(-c2ncc(Cl)cc2F)nn(C)c1S(C)(=O)=O. The van der Waals surface area contributed by atoms with Crippen molar-refractivity contribution in [2.75, 3.05) is 6.26 Å². The quantitative estimate of drug-likeness (QED) is 0.851. The van der Waals surface area contributed by atoms with E-state index in [9.17, 15) is 12.8 Å². The Kier molecular flexibility index (Phi) is 3.36. The molecule has 0 saturated carbocycles. The lowest BCUT2D eigenvalue weighted by atomic mass is 10.2. The number of rotatable bonds is 2. The molecule has 0 radical (unpaired) electrons. The van der Waals surface area contributed by atoms with E-state index in [0.717, 1.165) is 12.3 Å². The van der Waals surface area contributed by atoms with Crippen molar-refractivity contribution >= 4 is 21.4 Å². The molecule has 2 heterocycles. The largest absolute Gasteiger partial charge is 0.256 e. The molecule has 102 valence electrons. The molecule has 0 bridgehead atoms. The van der Waals surface area contributed by atoms with Crippen LogP contribution in [0.1, 0.15) is 5.56 Å². The van der Waals surface area contributed by atoms with E-state index in [2.05, 4.69) is 10.1 Å². The molecule has 5 nitrogen and oxygen atoms in total. The minimum absolute atomic E-state index is 0.0209. The van der Waals surface area contributed by atoms with E-state index in [0.29, 0.717) is 5.56 Å². The summed E-state index contributed by atoms with van der Waals surface area (Å²) >= 11 is 5.63. The fourth-order valence-corrected chi connectivity index (χ4v) is 3.26. The molecule has 19 heavy (non-hydrogen) atoms. The lowest BCUT2D eigenvalue weighted by Crippen LogP contribution is -2.06. The highest BCUT2D eigenvalue weighted by atomic mass is 35.5. The molecule has 0 unspecified atom stereocenters. The zero-order valence-corrected chi connectivity index (χ0v) is 12.0. The number of sulfone groups is 1. The van der Waals surface area contributed by atoms with E-state index < -0.39 is 15.7 Å². The zero-order valence-electron chi connectivity index (χ0n) is 10.5. The molecule has 0 spiro atoms. The lowest BCUT2D eigenvalue weighted by Gasteiger charge is -2.01. The average Bonchev–Trinajstić information content (AvgIpc) is 2.53. The molecule has 0 aliphatic rings. The van der Waals surface area contributed by atoms with Crippen molar-refractivity contribution in [1.29, 1.82) is 0 Å². The van der Waals surface area contributed by atoms with Gasteiger partial charge >= 0.3 is 0 Å². The Labute approximate surface area is 115 Å². The Balaban J connectivity index is 2.72. The predicted octanol–water partition coefficient (Wildman–Crippen LogP) is 1.99. The van der Waals surface area contributed by atoms with E-state index in [1.807, 2.05) is 0 Å². The third-order valence-electron chi connectivity index (χ3n) is 2.60. The van der Waals surface area contributed by atoms with Crippen LogP contribution >= 0.6 is 11.6 Å². The van der Waals surface area contributed by atoms with Crippen molar-refractivity contribution < 1.29 is 12.8 Å². The summed E-state index contributed by atoms with van der Waals surface area (Å²) in [6.07, 6.45) is 2.36. The van der Waals surface area contributed by atoms with Crippen LogP contribution in [0.5, 0.6) is 0 Å². The van der Waals surface area contributed by atoms with Gasteiger partial charge in [-0.05, 0) is 13.0 Å². The molecule has 0 amide bonds. The van der Waals surface area contributed by atoms with Gasteiger partial charge in [0.2, 0.25) is 0 Å². The maximum absolute atomic E-state index is 13.8. The number of aryl methyl sites for hydroxylation is 1. The number of hydrogen-bond donors (Lipinski definition) is 0. The van der Waals surface area contributed by atoms with Crippen molar-refractivity contribution in [3.63, 3.8) is 0 Å². The van der Waals surface area contributed by atoms with Crippen LogP contribution in [0.3, 0.4) is 0 Å². The van der Waals surface area contributed by atoms with Crippen LogP contribution in [-0.2, 0) is 16.9 Å².